The van der Waals surface area contributed by atoms with Crippen LogP contribution >= 0.6 is 0 Å². The summed E-state index contributed by atoms with van der Waals surface area (Å²) in [4.78, 5) is 0. The number of rotatable bonds is 3. The molecule has 0 spiro atoms. The summed E-state index contributed by atoms with van der Waals surface area (Å²) in [5.74, 6) is -0.786. The number of ether oxygens (including phenoxy) is 2. The van der Waals surface area contributed by atoms with Crippen LogP contribution in [0.1, 0.15) is 0 Å². The third-order valence-electron chi connectivity index (χ3n) is 2.09. The SMILES string of the molecule is COC1=C2C=C(F)C(OC(F)F)=CC21. The van der Waals surface area contributed by atoms with Crippen LogP contribution in [-0.4, -0.2) is 13.7 Å². The highest BCUT2D eigenvalue weighted by atomic mass is 19.3. The highest BCUT2D eigenvalue weighted by molar-refractivity contribution is 5.55. The molecule has 0 radical (unpaired) electrons. The Balaban J connectivity index is 2.13. The summed E-state index contributed by atoms with van der Waals surface area (Å²) in [5, 5.41) is 0. The maximum absolute atomic E-state index is 13.0. The Morgan fingerprint density at radius 3 is 2.71 bits per heavy atom. The molecular formula is C9H7F3O2. The van der Waals surface area contributed by atoms with E-state index in [2.05, 4.69) is 4.74 Å². The van der Waals surface area contributed by atoms with Crippen LogP contribution in [-0.2, 0) is 9.47 Å². The summed E-state index contributed by atoms with van der Waals surface area (Å²) in [6, 6.07) is 0. The van der Waals surface area contributed by atoms with Crippen molar-refractivity contribution in [3.05, 3.63) is 35.1 Å². The fourth-order valence-electron chi connectivity index (χ4n) is 1.44. The van der Waals surface area contributed by atoms with E-state index in [0.29, 0.717) is 11.3 Å². The molecule has 76 valence electrons. The minimum absolute atomic E-state index is 0.187. The molecule has 14 heavy (non-hydrogen) atoms. The summed E-state index contributed by atoms with van der Waals surface area (Å²) in [7, 11) is 1.45. The molecule has 0 saturated carbocycles. The molecule has 5 heteroatoms. The molecule has 0 fully saturated rings. The second-order valence-electron chi connectivity index (χ2n) is 2.90. The standard InChI is InChI=1S/C9H7F3O2/c1-13-8-4-2-6(10)7(3-5(4)8)14-9(11)12/h2-3,5,9H,1H3. The third-order valence-corrected chi connectivity index (χ3v) is 2.09. The maximum Gasteiger partial charge on any atom is 0.387 e. The first-order chi connectivity index (χ1) is 6.63. The van der Waals surface area contributed by atoms with Gasteiger partial charge in [0.05, 0.1) is 13.0 Å². The molecule has 2 aliphatic rings. The van der Waals surface area contributed by atoms with Gasteiger partial charge in [-0.2, -0.15) is 8.78 Å². The summed E-state index contributed by atoms with van der Waals surface area (Å²) in [6.07, 6.45) is 2.44. The molecule has 2 nitrogen and oxygen atoms in total. The van der Waals surface area contributed by atoms with Crippen LogP contribution in [0.15, 0.2) is 35.1 Å². The van der Waals surface area contributed by atoms with Crippen molar-refractivity contribution in [1.29, 1.82) is 0 Å². The quantitative estimate of drug-likeness (QED) is 0.703. The lowest BCUT2D eigenvalue weighted by Crippen LogP contribution is -2.03. The largest absolute Gasteiger partial charge is 0.500 e. The average molecular weight is 204 g/mol. The Hall–Kier alpha value is -1.39. The molecule has 0 aliphatic heterocycles. The molecule has 0 N–H and O–H groups in total. The number of hydrogen-bond donors (Lipinski definition) is 0. The Kier molecular flexibility index (Phi) is 2.02. The number of methoxy groups -OCH3 is 1. The van der Waals surface area contributed by atoms with Crippen molar-refractivity contribution >= 4 is 0 Å². The van der Waals surface area contributed by atoms with Crippen molar-refractivity contribution in [3.8, 4) is 0 Å². The maximum atomic E-state index is 13.0. The molecule has 0 aromatic carbocycles. The zero-order chi connectivity index (χ0) is 10.3. The lowest BCUT2D eigenvalue weighted by molar-refractivity contribution is -0.0958. The van der Waals surface area contributed by atoms with Crippen LogP contribution in [0.25, 0.3) is 0 Å². The summed E-state index contributed by atoms with van der Waals surface area (Å²) >= 11 is 0. The topological polar surface area (TPSA) is 18.5 Å². The molecule has 0 saturated heterocycles. The highest BCUT2D eigenvalue weighted by Crippen LogP contribution is 2.47. The van der Waals surface area contributed by atoms with Crippen molar-refractivity contribution in [2.24, 2.45) is 5.92 Å². The number of allylic oxidation sites excluding steroid dienone is 4. The van der Waals surface area contributed by atoms with E-state index in [1.54, 1.807) is 0 Å². The Bertz CT molecular complexity index is 355. The smallest absolute Gasteiger partial charge is 0.387 e. The van der Waals surface area contributed by atoms with Gasteiger partial charge in [-0.15, -0.1) is 0 Å². The lowest BCUT2D eigenvalue weighted by atomic mass is 10.1. The predicted octanol–water partition coefficient (Wildman–Crippen LogP) is 2.51. The molecule has 1 unspecified atom stereocenters. The van der Waals surface area contributed by atoms with Crippen molar-refractivity contribution in [2.75, 3.05) is 7.11 Å². The molecular weight excluding hydrogens is 197 g/mol. The van der Waals surface area contributed by atoms with Crippen LogP contribution in [0, 0.1) is 5.92 Å². The van der Waals surface area contributed by atoms with Crippen molar-refractivity contribution in [1.82, 2.24) is 0 Å². The van der Waals surface area contributed by atoms with Gasteiger partial charge < -0.3 is 9.47 Å². The van der Waals surface area contributed by atoms with E-state index < -0.39 is 18.2 Å². The first-order valence-electron chi connectivity index (χ1n) is 3.95. The van der Waals surface area contributed by atoms with Gasteiger partial charge in [-0.25, -0.2) is 4.39 Å². The fourth-order valence-corrected chi connectivity index (χ4v) is 1.44. The minimum Gasteiger partial charge on any atom is -0.500 e. The Morgan fingerprint density at radius 2 is 2.14 bits per heavy atom. The summed E-state index contributed by atoms with van der Waals surface area (Å²) in [6.45, 7) is -3.01. The molecule has 1 atom stereocenters. The van der Waals surface area contributed by atoms with Crippen LogP contribution in [0.2, 0.25) is 0 Å². The Morgan fingerprint density at radius 1 is 1.43 bits per heavy atom. The number of fused-ring (bicyclic) bond motifs is 1. The van der Waals surface area contributed by atoms with E-state index >= 15 is 0 Å². The highest BCUT2D eigenvalue weighted by Gasteiger charge is 2.40. The van der Waals surface area contributed by atoms with Crippen molar-refractivity contribution in [2.45, 2.75) is 6.61 Å². The van der Waals surface area contributed by atoms with E-state index in [0.717, 1.165) is 6.08 Å². The van der Waals surface area contributed by atoms with E-state index in [4.69, 9.17) is 4.74 Å². The predicted molar refractivity (Wildman–Crippen MR) is 41.9 cm³/mol. The van der Waals surface area contributed by atoms with Crippen molar-refractivity contribution in [3.63, 3.8) is 0 Å². The second-order valence-corrected chi connectivity index (χ2v) is 2.90. The van der Waals surface area contributed by atoms with Crippen LogP contribution in [0.4, 0.5) is 13.2 Å². The van der Waals surface area contributed by atoms with Gasteiger partial charge in [-0.1, -0.05) is 0 Å². The molecule has 2 rings (SSSR count). The van der Waals surface area contributed by atoms with Gasteiger partial charge in [0.15, 0.2) is 11.6 Å². The molecule has 0 aromatic rings. The van der Waals surface area contributed by atoms with Crippen LogP contribution in [0.5, 0.6) is 0 Å². The second kappa shape index (κ2) is 3.08. The molecule has 0 heterocycles. The van der Waals surface area contributed by atoms with Gasteiger partial charge in [0.2, 0.25) is 0 Å². The van der Waals surface area contributed by atoms with Gasteiger partial charge in [0.1, 0.15) is 5.76 Å². The monoisotopic (exact) mass is 204 g/mol. The van der Waals surface area contributed by atoms with E-state index in [9.17, 15) is 13.2 Å². The molecule has 0 bridgehead atoms. The zero-order valence-corrected chi connectivity index (χ0v) is 7.26. The lowest BCUT2D eigenvalue weighted by Gasteiger charge is -2.09. The minimum atomic E-state index is -3.01. The first-order valence-corrected chi connectivity index (χ1v) is 3.95. The normalized spacial score (nSPS) is 24.2. The Labute approximate surface area is 78.3 Å². The van der Waals surface area contributed by atoms with E-state index in [-0.39, 0.29) is 5.92 Å². The van der Waals surface area contributed by atoms with Gasteiger partial charge in [-0.05, 0) is 12.2 Å². The number of hydrogen-bond acceptors (Lipinski definition) is 2. The fraction of sp³-hybridized carbons (Fsp3) is 0.333. The van der Waals surface area contributed by atoms with E-state index in [1.807, 2.05) is 0 Å². The first kappa shape index (κ1) is 9.18. The molecule has 0 aromatic heterocycles. The molecule has 0 amide bonds. The summed E-state index contributed by atoms with van der Waals surface area (Å²) < 4.78 is 45.5. The number of halogens is 3. The van der Waals surface area contributed by atoms with Gasteiger partial charge in [-0.3, -0.25) is 0 Å². The third kappa shape index (κ3) is 1.38. The van der Waals surface area contributed by atoms with Crippen molar-refractivity contribution < 1.29 is 22.6 Å². The van der Waals surface area contributed by atoms with Gasteiger partial charge in [0.25, 0.3) is 0 Å². The van der Waals surface area contributed by atoms with Crippen LogP contribution < -0.4 is 0 Å². The van der Waals surface area contributed by atoms with Gasteiger partial charge in [0, 0.05) is 5.57 Å². The number of alkyl halides is 2. The van der Waals surface area contributed by atoms with E-state index in [1.165, 1.54) is 13.2 Å². The average Bonchev–Trinajstić information content (AvgIpc) is 2.76. The summed E-state index contributed by atoms with van der Waals surface area (Å²) in [5.41, 5.74) is 0.687. The van der Waals surface area contributed by atoms with Gasteiger partial charge >= 0.3 is 6.61 Å². The zero-order valence-electron chi connectivity index (χ0n) is 7.26. The van der Waals surface area contributed by atoms with Crippen LogP contribution in [0.3, 0.4) is 0 Å². The molecule has 2 aliphatic carbocycles.